The van der Waals surface area contributed by atoms with Crippen LogP contribution in [0.4, 0.5) is 5.95 Å². The number of pyridine rings is 1. The van der Waals surface area contributed by atoms with Crippen LogP contribution in [0.15, 0.2) is 52.4 Å². The van der Waals surface area contributed by atoms with Gasteiger partial charge in [0.2, 0.25) is 5.95 Å². The maximum Gasteiger partial charge on any atom is 0.267 e. The molecule has 0 aromatic carbocycles. The van der Waals surface area contributed by atoms with Crippen molar-refractivity contribution in [3.63, 3.8) is 0 Å². The van der Waals surface area contributed by atoms with Crippen molar-refractivity contribution in [1.82, 2.24) is 34.1 Å². The van der Waals surface area contributed by atoms with E-state index in [9.17, 15) is 9.59 Å². The lowest BCUT2D eigenvalue weighted by Crippen LogP contribution is -2.34. The Bertz CT molecular complexity index is 1380. The highest BCUT2D eigenvalue weighted by molar-refractivity contribution is 5.74. The van der Waals surface area contributed by atoms with Gasteiger partial charge in [0.05, 0.1) is 11.7 Å². The van der Waals surface area contributed by atoms with Crippen molar-refractivity contribution in [1.29, 1.82) is 0 Å². The third kappa shape index (κ3) is 3.68. The lowest BCUT2D eigenvalue weighted by molar-refractivity contribution is 0.303. The molecule has 1 aliphatic rings. The first-order valence-electron chi connectivity index (χ1n) is 10.7. The van der Waals surface area contributed by atoms with Gasteiger partial charge in [0.1, 0.15) is 5.39 Å². The first-order chi connectivity index (χ1) is 15.5. The molecule has 5 rings (SSSR count). The van der Waals surface area contributed by atoms with Gasteiger partial charge in [0.25, 0.3) is 11.1 Å². The lowest BCUT2D eigenvalue weighted by atomic mass is 9.91. The fourth-order valence-electron chi connectivity index (χ4n) is 4.29. The molecule has 164 valence electrons. The molecule has 32 heavy (non-hydrogen) atoms. The number of hydrogen-bond acceptors (Lipinski definition) is 7. The smallest absolute Gasteiger partial charge is 0.267 e. The van der Waals surface area contributed by atoms with Crippen molar-refractivity contribution in [2.75, 3.05) is 5.32 Å². The van der Waals surface area contributed by atoms with Gasteiger partial charge >= 0.3 is 0 Å². The van der Waals surface area contributed by atoms with Gasteiger partial charge in [-0.3, -0.25) is 23.8 Å². The Kier molecular flexibility index (Phi) is 5.04. The highest BCUT2D eigenvalue weighted by Crippen LogP contribution is 2.29. The average molecular weight is 432 g/mol. The molecule has 1 fully saturated rings. The third-order valence-corrected chi connectivity index (χ3v) is 6.03. The highest BCUT2D eigenvalue weighted by atomic mass is 16.1. The normalized spacial score (nSPS) is 18.7. The van der Waals surface area contributed by atoms with Crippen LogP contribution >= 0.6 is 0 Å². The number of aromatic nitrogens is 7. The van der Waals surface area contributed by atoms with Crippen LogP contribution in [-0.4, -0.2) is 40.1 Å². The molecule has 1 N–H and O–H groups in total. The number of hydrogen-bond donors (Lipinski definition) is 1. The van der Waals surface area contributed by atoms with E-state index >= 15 is 0 Å². The Labute approximate surface area is 183 Å². The Hall–Kier alpha value is -3.82. The fourth-order valence-corrected chi connectivity index (χ4v) is 4.29. The van der Waals surface area contributed by atoms with Gasteiger partial charge in [-0.25, -0.2) is 4.68 Å². The van der Waals surface area contributed by atoms with E-state index < -0.39 is 0 Å². The SMILES string of the molecule is Cn1cc2c(=O)n(C)c(NC3CCC(n4nc(-c5cccnc5)ccc4=O)CC3)nc2n1. The monoisotopic (exact) mass is 432 g/mol. The molecule has 0 unspecified atom stereocenters. The number of rotatable bonds is 4. The van der Waals surface area contributed by atoms with Crippen molar-refractivity contribution < 1.29 is 0 Å². The standard InChI is InChI=1S/C22H24N8O2/c1-28-13-17-20(27-28)25-22(29(2)21(17)32)24-15-5-7-16(8-6-15)30-19(31)10-9-18(26-30)14-4-3-11-23-12-14/h3-4,9-13,15-16H,5-8H2,1-2H3,(H,24,25,27). The quantitative estimate of drug-likeness (QED) is 0.524. The molecule has 10 heteroatoms. The fraction of sp³-hybridized carbons (Fsp3) is 0.364. The first-order valence-corrected chi connectivity index (χ1v) is 10.7. The van der Waals surface area contributed by atoms with E-state index in [2.05, 4.69) is 25.5 Å². The van der Waals surface area contributed by atoms with Crippen molar-refractivity contribution in [2.24, 2.45) is 14.1 Å². The van der Waals surface area contributed by atoms with Gasteiger partial charge in [-0.05, 0) is 43.9 Å². The molecule has 10 nitrogen and oxygen atoms in total. The van der Waals surface area contributed by atoms with E-state index in [1.807, 2.05) is 12.1 Å². The number of aryl methyl sites for hydroxylation is 1. The van der Waals surface area contributed by atoms with Gasteiger partial charge in [-0.1, -0.05) is 0 Å². The Morgan fingerprint density at radius 1 is 1.03 bits per heavy atom. The molecule has 0 atom stereocenters. The number of fused-ring (bicyclic) bond motifs is 1. The van der Waals surface area contributed by atoms with Crippen molar-refractivity contribution in [3.05, 3.63) is 63.6 Å². The van der Waals surface area contributed by atoms with Crippen LogP contribution in [0.25, 0.3) is 22.3 Å². The molecule has 0 bridgehead atoms. The van der Waals surface area contributed by atoms with E-state index in [4.69, 9.17) is 0 Å². The zero-order chi connectivity index (χ0) is 22.2. The molecule has 4 aromatic heterocycles. The van der Waals surface area contributed by atoms with Crippen molar-refractivity contribution in [3.8, 4) is 11.3 Å². The minimum Gasteiger partial charge on any atom is -0.353 e. The minimum absolute atomic E-state index is 0.0345. The summed E-state index contributed by atoms with van der Waals surface area (Å²) in [4.78, 5) is 33.8. The second-order valence-electron chi connectivity index (χ2n) is 8.23. The molecule has 0 aliphatic heterocycles. The average Bonchev–Trinajstić information content (AvgIpc) is 3.19. The first kappa shape index (κ1) is 20.1. The molecular weight excluding hydrogens is 408 g/mol. The molecule has 0 saturated heterocycles. The maximum atomic E-state index is 12.6. The molecular formula is C22H24N8O2. The predicted octanol–water partition coefficient (Wildman–Crippen LogP) is 1.88. The van der Waals surface area contributed by atoms with Crippen LogP contribution in [-0.2, 0) is 14.1 Å². The van der Waals surface area contributed by atoms with Crippen LogP contribution in [0.1, 0.15) is 31.7 Å². The summed E-state index contributed by atoms with van der Waals surface area (Å²) in [7, 11) is 3.48. The summed E-state index contributed by atoms with van der Waals surface area (Å²) in [5, 5.41) is 12.8. The summed E-state index contributed by atoms with van der Waals surface area (Å²) >= 11 is 0. The van der Waals surface area contributed by atoms with Crippen molar-refractivity contribution in [2.45, 2.75) is 37.8 Å². The van der Waals surface area contributed by atoms with Crippen molar-refractivity contribution >= 4 is 17.0 Å². The second-order valence-corrected chi connectivity index (χ2v) is 8.23. The Balaban J connectivity index is 1.32. The lowest BCUT2D eigenvalue weighted by Gasteiger charge is -2.30. The summed E-state index contributed by atoms with van der Waals surface area (Å²) in [6.45, 7) is 0. The summed E-state index contributed by atoms with van der Waals surface area (Å²) < 4.78 is 4.73. The van der Waals surface area contributed by atoms with Gasteiger partial charge < -0.3 is 5.32 Å². The second kappa shape index (κ2) is 8.03. The van der Waals surface area contributed by atoms with Gasteiger partial charge in [0, 0.05) is 50.4 Å². The van der Waals surface area contributed by atoms with Gasteiger partial charge in [-0.2, -0.15) is 15.2 Å². The van der Waals surface area contributed by atoms with Gasteiger partial charge in [-0.15, -0.1) is 0 Å². The topological polar surface area (TPSA) is 113 Å². The van der Waals surface area contributed by atoms with Crippen LogP contribution in [0.2, 0.25) is 0 Å². The van der Waals surface area contributed by atoms with E-state index in [0.29, 0.717) is 17.0 Å². The summed E-state index contributed by atoms with van der Waals surface area (Å²) in [6.07, 6.45) is 8.43. The van der Waals surface area contributed by atoms with Crippen LogP contribution < -0.4 is 16.4 Å². The zero-order valence-corrected chi connectivity index (χ0v) is 18.0. The zero-order valence-electron chi connectivity index (χ0n) is 18.0. The number of anilines is 1. The van der Waals surface area contributed by atoms with E-state index in [-0.39, 0.29) is 23.2 Å². The Morgan fingerprint density at radius 2 is 1.84 bits per heavy atom. The van der Waals surface area contributed by atoms with Crippen LogP contribution in [0, 0.1) is 0 Å². The summed E-state index contributed by atoms with van der Waals surface area (Å²) in [5.74, 6) is 0.513. The minimum atomic E-state index is -0.123. The molecule has 1 aliphatic carbocycles. The Morgan fingerprint density at radius 3 is 2.59 bits per heavy atom. The molecule has 0 amide bonds. The predicted molar refractivity (Wildman–Crippen MR) is 120 cm³/mol. The highest BCUT2D eigenvalue weighted by Gasteiger charge is 2.25. The molecule has 4 aromatic rings. The van der Waals surface area contributed by atoms with E-state index in [0.717, 1.165) is 36.9 Å². The number of nitrogens with one attached hydrogen (secondary N) is 1. The van der Waals surface area contributed by atoms with Gasteiger partial charge in [0.15, 0.2) is 5.65 Å². The summed E-state index contributed by atoms with van der Waals surface area (Å²) in [6, 6.07) is 7.29. The molecule has 4 heterocycles. The van der Waals surface area contributed by atoms with Crippen LogP contribution in [0.5, 0.6) is 0 Å². The maximum absolute atomic E-state index is 12.6. The molecule has 1 saturated carbocycles. The third-order valence-electron chi connectivity index (χ3n) is 6.03. The summed E-state index contributed by atoms with van der Waals surface area (Å²) in [5.41, 5.74) is 1.84. The van der Waals surface area contributed by atoms with E-state index in [1.165, 1.54) is 4.57 Å². The largest absolute Gasteiger partial charge is 0.353 e. The van der Waals surface area contributed by atoms with E-state index in [1.54, 1.807) is 54.2 Å². The molecule has 0 radical (unpaired) electrons. The van der Waals surface area contributed by atoms with Crippen LogP contribution in [0.3, 0.4) is 0 Å². The number of nitrogens with zero attached hydrogens (tertiary/aromatic N) is 7. The molecule has 0 spiro atoms.